The van der Waals surface area contributed by atoms with Gasteiger partial charge in [0, 0.05) is 11.6 Å². The highest BCUT2D eigenvalue weighted by molar-refractivity contribution is 5.60. The van der Waals surface area contributed by atoms with Gasteiger partial charge in [0.25, 0.3) is 0 Å². The number of hydrogen-bond donors (Lipinski definition) is 0. The first-order valence-electron chi connectivity index (χ1n) is 3.83. The second-order valence-corrected chi connectivity index (χ2v) is 2.37. The van der Waals surface area contributed by atoms with Crippen molar-refractivity contribution >= 4 is 12.2 Å². The van der Waals surface area contributed by atoms with Crippen LogP contribution in [-0.2, 0) is 0 Å². The second kappa shape index (κ2) is 4.26. The van der Waals surface area contributed by atoms with Crippen LogP contribution in [0.25, 0.3) is 12.2 Å². The summed E-state index contributed by atoms with van der Waals surface area (Å²) in [5.74, 6) is 0.477. The zero-order chi connectivity index (χ0) is 9.68. The monoisotopic (exact) mass is 174 g/mol. The van der Waals surface area contributed by atoms with Gasteiger partial charge in [-0.15, -0.1) is 0 Å². The van der Waals surface area contributed by atoms with Crippen molar-refractivity contribution in [3.63, 3.8) is 0 Å². The molecule has 0 atom stereocenters. The molecule has 13 heavy (non-hydrogen) atoms. The van der Waals surface area contributed by atoms with Gasteiger partial charge < -0.3 is 4.42 Å². The zero-order valence-electron chi connectivity index (χ0n) is 7.19. The van der Waals surface area contributed by atoms with Gasteiger partial charge in [0.1, 0.15) is 5.76 Å². The smallest absolute Gasteiger partial charge is 0.336 e. The predicted octanol–water partition coefficient (Wildman–Crippen LogP) is 2.48. The predicted molar refractivity (Wildman–Crippen MR) is 54.3 cm³/mol. The van der Waals surface area contributed by atoms with Crippen molar-refractivity contribution in [1.29, 1.82) is 0 Å². The molecule has 2 heteroatoms. The zero-order valence-corrected chi connectivity index (χ0v) is 7.19. The van der Waals surface area contributed by atoms with Crippen LogP contribution in [0.3, 0.4) is 0 Å². The lowest BCUT2D eigenvalue weighted by Gasteiger charge is -1.96. The molecule has 1 aromatic heterocycles. The Bertz CT molecular complexity index is 397. The normalized spacial score (nSPS) is 10.2. The highest BCUT2D eigenvalue weighted by Crippen LogP contribution is 2.09. The molecule has 0 aromatic carbocycles. The average molecular weight is 174 g/mol. The van der Waals surface area contributed by atoms with Gasteiger partial charge in [-0.3, -0.25) is 0 Å². The Morgan fingerprint density at radius 2 is 2.08 bits per heavy atom. The van der Waals surface area contributed by atoms with Crippen LogP contribution in [0.4, 0.5) is 0 Å². The van der Waals surface area contributed by atoms with E-state index < -0.39 is 0 Å². The fourth-order valence-electron chi connectivity index (χ4n) is 0.910. The first-order chi connectivity index (χ1) is 6.27. The molecular formula is C11H10O2. The molecule has 0 spiro atoms. The Morgan fingerprint density at radius 3 is 2.69 bits per heavy atom. The standard InChI is InChI=1S/C11H10O2/c1-3-5-6-9-7-8-11(12)13-10(9)4-2/h3-8H,1-2H2/b6-5-. The van der Waals surface area contributed by atoms with E-state index in [4.69, 9.17) is 4.42 Å². The lowest BCUT2D eigenvalue weighted by Crippen LogP contribution is -1.97. The van der Waals surface area contributed by atoms with Crippen LogP contribution in [0.2, 0.25) is 0 Å². The van der Waals surface area contributed by atoms with Crippen molar-refractivity contribution in [1.82, 2.24) is 0 Å². The minimum atomic E-state index is -0.370. The minimum Gasteiger partial charge on any atom is -0.423 e. The molecule has 0 bridgehead atoms. The van der Waals surface area contributed by atoms with Crippen LogP contribution in [0.5, 0.6) is 0 Å². The summed E-state index contributed by atoms with van der Waals surface area (Å²) >= 11 is 0. The molecule has 0 aliphatic carbocycles. The van der Waals surface area contributed by atoms with Gasteiger partial charge >= 0.3 is 5.63 Å². The third-order valence-corrected chi connectivity index (χ3v) is 1.49. The third-order valence-electron chi connectivity index (χ3n) is 1.49. The van der Waals surface area contributed by atoms with Crippen molar-refractivity contribution in [3.05, 3.63) is 59.2 Å². The van der Waals surface area contributed by atoms with E-state index in [0.29, 0.717) is 5.76 Å². The molecule has 0 aliphatic rings. The van der Waals surface area contributed by atoms with E-state index in [9.17, 15) is 4.79 Å². The summed E-state index contributed by atoms with van der Waals surface area (Å²) in [7, 11) is 0. The van der Waals surface area contributed by atoms with Gasteiger partial charge in [-0.2, -0.15) is 0 Å². The van der Waals surface area contributed by atoms with E-state index in [1.165, 1.54) is 12.1 Å². The molecule has 0 radical (unpaired) electrons. The molecule has 0 fully saturated rings. The molecule has 0 N–H and O–H groups in total. The summed E-state index contributed by atoms with van der Waals surface area (Å²) in [5.41, 5.74) is 0.445. The number of hydrogen-bond acceptors (Lipinski definition) is 2. The molecule has 1 heterocycles. The lowest BCUT2D eigenvalue weighted by molar-refractivity contribution is 0.500. The minimum absolute atomic E-state index is 0.370. The largest absolute Gasteiger partial charge is 0.423 e. The number of rotatable bonds is 3. The summed E-state index contributed by atoms with van der Waals surface area (Å²) < 4.78 is 4.90. The molecule has 0 amide bonds. The van der Waals surface area contributed by atoms with Crippen LogP contribution in [-0.4, -0.2) is 0 Å². The van der Waals surface area contributed by atoms with E-state index in [2.05, 4.69) is 13.2 Å². The second-order valence-electron chi connectivity index (χ2n) is 2.37. The van der Waals surface area contributed by atoms with Crippen molar-refractivity contribution in [2.24, 2.45) is 0 Å². The molecule has 1 aromatic rings. The van der Waals surface area contributed by atoms with Crippen LogP contribution < -0.4 is 5.63 Å². The van der Waals surface area contributed by atoms with E-state index in [-0.39, 0.29) is 5.63 Å². The van der Waals surface area contributed by atoms with Gasteiger partial charge in [-0.1, -0.05) is 31.4 Å². The van der Waals surface area contributed by atoms with Crippen LogP contribution in [0.1, 0.15) is 11.3 Å². The van der Waals surface area contributed by atoms with Crippen molar-refractivity contribution in [2.45, 2.75) is 0 Å². The van der Waals surface area contributed by atoms with Crippen LogP contribution >= 0.6 is 0 Å². The Balaban J connectivity index is 3.20. The quantitative estimate of drug-likeness (QED) is 0.659. The van der Waals surface area contributed by atoms with Crippen molar-refractivity contribution in [3.8, 4) is 0 Å². The van der Waals surface area contributed by atoms with Gasteiger partial charge in [-0.25, -0.2) is 4.79 Å². The fourth-order valence-corrected chi connectivity index (χ4v) is 0.910. The fraction of sp³-hybridized carbons (Fsp3) is 0. The van der Waals surface area contributed by atoms with Crippen molar-refractivity contribution < 1.29 is 4.42 Å². The summed E-state index contributed by atoms with van der Waals surface area (Å²) in [6, 6.07) is 3.05. The molecule has 0 saturated carbocycles. The summed E-state index contributed by atoms with van der Waals surface area (Å²) in [4.78, 5) is 10.8. The highest BCUT2D eigenvalue weighted by atomic mass is 16.4. The molecule has 66 valence electrons. The van der Waals surface area contributed by atoms with Gasteiger partial charge in [0.15, 0.2) is 0 Å². The average Bonchev–Trinajstić information content (AvgIpc) is 2.16. The SMILES string of the molecule is C=C/C=C\c1ccc(=O)oc1C=C. The van der Waals surface area contributed by atoms with E-state index in [0.717, 1.165) is 5.56 Å². The molecule has 2 nitrogen and oxygen atoms in total. The maximum Gasteiger partial charge on any atom is 0.336 e. The summed E-state index contributed by atoms with van der Waals surface area (Å²) in [6.07, 6.45) is 6.72. The Hall–Kier alpha value is -1.83. The van der Waals surface area contributed by atoms with Crippen LogP contribution in [0, 0.1) is 0 Å². The summed E-state index contributed by atoms with van der Waals surface area (Å²) in [6.45, 7) is 7.09. The molecular weight excluding hydrogens is 164 g/mol. The van der Waals surface area contributed by atoms with E-state index in [1.807, 2.05) is 0 Å². The maximum atomic E-state index is 10.8. The molecule has 0 aliphatic heterocycles. The van der Waals surface area contributed by atoms with Crippen LogP contribution in [0.15, 0.2) is 46.7 Å². The first-order valence-corrected chi connectivity index (χ1v) is 3.83. The Kier molecular flexibility index (Phi) is 3.03. The Morgan fingerprint density at radius 1 is 1.31 bits per heavy atom. The third kappa shape index (κ3) is 2.30. The highest BCUT2D eigenvalue weighted by Gasteiger charge is 1.97. The molecule has 0 saturated heterocycles. The molecule has 0 unspecified atom stereocenters. The topological polar surface area (TPSA) is 30.2 Å². The van der Waals surface area contributed by atoms with Gasteiger partial charge in [0.2, 0.25) is 0 Å². The number of allylic oxidation sites excluding steroid dienone is 2. The van der Waals surface area contributed by atoms with E-state index in [1.54, 1.807) is 24.3 Å². The van der Waals surface area contributed by atoms with Gasteiger partial charge in [0.05, 0.1) is 0 Å². The molecule has 1 rings (SSSR count). The van der Waals surface area contributed by atoms with E-state index >= 15 is 0 Å². The van der Waals surface area contributed by atoms with Crippen molar-refractivity contribution in [2.75, 3.05) is 0 Å². The summed E-state index contributed by atoms with van der Waals surface area (Å²) in [5, 5.41) is 0. The van der Waals surface area contributed by atoms with Gasteiger partial charge in [-0.05, 0) is 12.1 Å². The lowest BCUT2D eigenvalue weighted by atomic mass is 10.2. The maximum absolute atomic E-state index is 10.8. The first kappa shape index (κ1) is 9.26. The Labute approximate surface area is 76.5 Å².